The number of nitrogens with one attached hydrogen (secondary N) is 1. The first-order valence-corrected chi connectivity index (χ1v) is 11.9. The summed E-state index contributed by atoms with van der Waals surface area (Å²) in [6.45, 7) is 11.6. The van der Waals surface area contributed by atoms with Crippen molar-refractivity contribution in [2.24, 2.45) is 0 Å². The number of hydrogen-bond donors (Lipinski definition) is 1. The summed E-state index contributed by atoms with van der Waals surface area (Å²) in [5.41, 5.74) is 6.96. The molecular formula is C29H43NO3. The fourth-order valence-corrected chi connectivity index (χ4v) is 3.41. The molecule has 0 heterocycles. The van der Waals surface area contributed by atoms with Gasteiger partial charge in [0, 0.05) is 6.54 Å². The van der Waals surface area contributed by atoms with Gasteiger partial charge >= 0.3 is 5.97 Å². The summed E-state index contributed by atoms with van der Waals surface area (Å²) in [7, 11) is 3.00. The number of rotatable bonds is 14. The fraction of sp³-hybridized carbons (Fsp3) is 0.483. The maximum atomic E-state index is 11.8. The molecular weight excluding hydrogens is 410 g/mol. The van der Waals surface area contributed by atoms with E-state index in [9.17, 15) is 4.79 Å². The normalized spacial score (nSPS) is 12.4. The van der Waals surface area contributed by atoms with Crippen LogP contribution in [0.2, 0.25) is 0 Å². The average molecular weight is 454 g/mol. The molecule has 0 aliphatic heterocycles. The zero-order valence-corrected chi connectivity index (χ0v) is 21.7. The van der Waals surface area contributed by atoms with Gasteiger partial charge < -0.3 is 14.8 Å². The number of hydrogen-bond acceptors (Lipinski definition) is 4. The van der Waals surface area contributed by atoms with Gasteiger partial charge in [0.05, 0.1) is 25.5 Å². The van der Waals surface area contributed by atoms with Crippen molar-refractivity contribution in [1.29, 1.82) is 0 Å². The minimum Gasteiger partial charge on any atom is -0.495 e. The average Bonchev–Trinajstić information content (AvgIpc) is 2.78. The molecule has 4 nitrogen and oxygen atoms in total. The lowest BCUT2D eigenvalue weighted by Crippen LogP contribution is -2.05. The molecule has 0 spiro atoms. The zero-order valence-electron chi connectivity index (χ0n) is 21.7. The van der Waals surface area contributed by atoms with Crippen molar-refractivity contribution in [1.82, 2.24) is 0 Å². The molecule has 0 atom stereocenters. The van der Waals surface area contributed by atoms with Gasteiger partial charge in [-0.25, -0.2) is 4.79 Å². The molecule has 0 aromatic heterocycles. The highest BCUT2D eigenvalue weighted by atomic mass is 16.5. The summed E-state index contributed by atoms with van der Waals surface area (Å²) in [4.78, 5) is 11.8. The van der Waals surface area contributed by atoms with Crippen LogP contribution in [-0.2, 0) is 4.74 Å². The second-order valence-electron chi connectivity index (χ2n) is 8.84. The minimum atomic E-state index is -0.357. The Morgan fingerprint density at radius 1 is 0.818 bits per heavy atom. The van der Waals surface area contributed by atoms with Crippen molar-refractivity contribution in [3.05, 3.63) is 70.4 Å². The van der Waals surface area contributed by atoms with E-state index in [0.29, 0.717) is 17.9 Å². The van der Waals surface area contributed by atoms with Gasteiger partial charge in [-0.15, -0.1) is 0 Å². The van der Waals surface area contributed by atoms with Crippen LogP contribution in [0.3, 0.4) is 0 Å². The highest BCUT2D eigenvalue weighted by molar-refractivity contribution is 5.91. The van der Waals surface area contributed by atoms with Gasteiger partial charge in [0.1, 0.15) is 5.75 Å². The Balaban J connectivity index is 2.44. The lowest BCUT2D eigenvalue weighted by Gasteiger charge is -2.11. The summed E-state index contributed by atoms with van der Waals surface area (Å²) >= 11 is 0. The Morgan fingerprint density at radius 2 is 1.36 bits per heavy atom. The Bertz CT molecular complexity index is 871. The number of esters is 1. The Kier molecular flexibility index (Phi) is 13.7. The van der Waals surface area contributed by atoms with E-state index in [0.717, 1.165) is 44.2 Å². The predicted octanol–water partition coefficient (Wildman–Crippen LogP) is 8.04. The van der Waals surface area contributed by atoms with Crippen LogP contribution in [0.25, 0.3) is 0 Å². The SMILES string of the molecule is COC(=O)c1ccc(OC)c(NC/C=C(\C)CC/C=C(\C)CC/C=C(\C)CCC=C(C)C)c1. The quantitative estimate of drug-likeness (QED) is 0.229. The van der Waals surface area contributed by atoms with Gasteiger partial charge in [0.25, 0.3) is 0 Å². The molecule has 1 aromatic carbocycles. The maximum absolute atomic E-state index is 11.8. The van der Waals surface area contributed by atoms with Crippen molar-refractivity contribution in [2.75, 3.05) is 26.1 Å². The van der Waals surface area contributed by atoms with Crippen molar-refractivity contribution in [3.63, 3.8) is 0 Å². The van der Waals surface area contributed by atoms with Crippen molar-refractivity contribution in [3.8, 4) is 5.75 Å². The Morgan fingerprint density at radius 3 is 1.88 bits per heavy atom. The molecule has 0 amide bonds. The first kappa shape index (κ1) is 28.3. The zero-order chi connectivity index (χ0) is 24.6. The highest BCUT2D eigenvalue weighted by Crippen LogP contribution is 2.26. The molecule has 0 bridgehead atoms. The standard InChI is InChI=1S/C29H43NO3/c1-22(2)11-8-12-23(3)13-9-14-24(4)15-10-16-25(5)19-20-30-27-21-26(29(31)33-7)17-18-28(27)32-6/h11,13,15,17-19,21,30H,8-10,12,14,16,20H2,1-7H3/b23-13+,24-15+,25-19+. The summed E-state index contributed by atoms with van der Waals surface area (Å²) in [6.07, 6.45) is 15.9. The molecule has 4 heteroatoms. The van der Waals surface area contributed by atoms with Crippen molar-refractivity contribution >= 4 is 11.7 Å². The van der Waals surface area contributed by atoms with E-state index >= 15 is 0 Å². The third-order valence-electron chi connectivity index (χ3n) is 5.52. The highest BCUT2D eigenvalue weighted by Gasteiger charge is 2.09. The topological polar surface area (TPSA) is 47.6 Å². The summed E-state index contributed by atoms with van der Waals surface area (Å²) in [5.74, 6) is 0.345. The molecule has 0 aliphatic rings. The largest absolute Gasteiger partial charge is 0.495 e. The number of allylic oxidation sites excluding steroid dienone is 7. The van der Waals surface area contributed by atoms with Crippen LogP contribution < -0.4 is 10.1 Å². The lowest BCUT2D eigenvalue weighted by atomic mass is 10.0. The number of ether oxygens (including phenoxy) is 2. The van der Waals surface area contributed by atoms with Crippen LogP contribution in [0.15, 0.2) is 64.8 Å². The first-order chi connectivity index (χ1) is 15.8. The van der Waals surface area contributed by atoms with Gasteiger partial charge in [0.15, 0.2) is 0 Å². The molecule has 182 valence electrons. The van der Waals surface area contributed by atoms with Gasteiger partial charge in [0.2, 0.25) is 0 Å². The first-order valence-electron chi connectivity index (χ1n) is 11.9. The van der Waals surface area contributed by atoms with E-state index in [1.54, 1.807) is 25.3 Å². The summed E-state index contributed by atoms with van der Waals surface area (Å²) < 4.78 is 10.2. The minimum absolute atomic E-state index is 0.357. The third-order valence-corrected chi connectivity index (χ3v) is 5.52. The lowest BCUT2D eigenvalue weighted by molar-refractivity contribution is 0.0600. The molecule has 0 radical (unpaired) electrons. The van der Waals surface area contributed by atoms with E-state index in [1.165, 1.54) is 29.4 Å². The van der Waals surface area contributed by atoms with E-state index in [2.05, 4.69) is 64.2 Å². The van der Waals surface area contributed by atoms with Crippen molar-refractivity contribution in [2.45, 2.75) is 73.1 Å². The van der Waals surface area contributed by atoms with Crippen LogP contribution >= 0.6 is 0 Å². The predicted molar refractivity (Wildman–Crippen MR) is 141 cm³/mol. The van der Waals surface area contributed by atoms with Crippen LogP contribution in [0.4, 0.5) is 5.69 Å². The second-order valence-corrected chi connectivity index (χ2v) is 8.84. The van der Waals surface area contributed by atoms with E-state index < -0.39 is 0 Å². The maximum Gasteiger partial charge on any atom is 0.337 e. The van der Waals surface area contributed by atoms with E-state index in [1.807, 2.05) is 0 Å². The van der Waals surface area contributed by atoms with Gasteiger partial charge in [-0.1, -0.05) is 46.6 Å². The molecule has 0 saturated carbocycles. The van der Waals surface area contributed by atoms with E-state index in [4.69, 9.17) is 9.47 Å². The number of carbonyl (C=O) groups is 1. The molecule has 1 rings (SSSR count). The van der Waals surface area contributed by atoms with Crippen molar-refractivity contribution < 1.29 is 14.3 Å². The molecule has 0 fully saturated rings. The second kappa shape index (κ2) is 16.0. The van der Waals surface area contributed by atoms with Gasteiger partial charge in [-0.05, 0) is 91.3 Å². The molecule has 0 saturated heterocycles. The molecule has 0 aliphatic carbocycles. The summed E-state index contributed by atoms with van der Waals surface area (Å²) in [6, 6.07) is 5.24. The Labute approximate surface area is 201 Å². The molecule has 1 aromatic rings. The number of carbonyl (C=O) groups excluding carboxylic acids is 1. The number of methoxy groups -OCH3 is 2. The Hall–Kier alpha value is -2.75. The number of anilines is 1. The third kappa shape index (κ3) is 12.2. The van der Waals surface area contributed by atoms with Crippen LogP contribution in [0.1, 0.15) is 83.5 Å². The van der Waals surface area contributed by atoms with Gasteiger partial charge in [-0.2, -0.15) is 0 Å². The van der Waals surface area contributed by atoms with Crippen LogP contribution in [0.5, 0.6) is 5.75 Å². The molecule has 0 unspecified atom stereocenters. The van der Waals surface area contributed by atoms with Crippen LogP contribution in [-0.4, -0.2) is 26.7 Å². The molecule has 33 heavy (non-hydrogen) atoms. The molecule has 1 N–H and O–H groups in total. The number of benzene rings is 1. The monoisotopic (exact) mass is 453 g/mol. The summed E-state index contributed by atoms with van der Waals surface area (Å²) in [5, 5.41) is 3.34. The van der Waals surface area contributed by atoms with E-state index in [-0.39, 0.29) is 5.97 Å². The van der Waals surface area contributed by atoms with Gasteiger partial charge in [-0.3, -0.25) is 0 Å². The van der Waals surface area contributed by atoms with Crippen LogP contribution in [0, 0.1) is 0 Å². The smallest absolute Gasteiger partial charge is 0.337 e. The fourth-order valence-electron chi connectivity index (χ4n) is 3.41.